The number of hydrogen-bond donors (Lipinski definition) is 2. The van der Waals surface area contributed by atoms with E-state index < -0.39 is 20.0 Å². The molecule has 2 N–H and O–H groups in total. The molecule has 0 saturated carbocycles. The number of fused-ring (bicyclic) bond motifs is 1. The molecule has 0 radical (unpaired) electrons. The Morgan fingerprint density at radius 1 is 1.05 bits per heavy atom. The Labute approximate surface area is 218 Å². The average molecular weight is 570 g/mol. The van der Waals surface area contributed by atoms with Crippen LogP contribution in [0.5, 0.6) is 11.5 Å². The zero-order chi connectivity index (χ0) is 27.0. The Hall–Kier alpha value is -3.33. The van der Waals surface area contributed by atoms with Gasteiger partial charge in [-0.05, 0) is 42.3 Å². The molecule has 0 unspecified atom stereocenters. The fourth-order valence-corrected chi connectivity index (χ4v) is 5.43. The number of nitrogens with zero attached hydrogens (tertiary/aromatic N) is 3. The summed E-state index contributed by atoms with van der Waals surface area (Å²) in [6, 6.07) is 6.22. The SMILES string of the molecule is COc1cc(C)c(Cl)cc1S(=O)(=O)Nc1noc2cc(Cn3cc(CNS(C)(=O)=O)cn3)cc(OC)c12. The van der Waals surface area contributed by atoms with Crippen molar-refractivity contribution in [1.29, 1.82) is 0 Å². The van der Waals surface area contributed by atoms with E-state index in [4.69, 9.17) is 25.6 Å². The Morgan fingerprint density at radius 2 is 1.78 bits per heavy atom. The van der Waals surface area contributed by atoms with Crippen LogP contribution in [0.1, 0.15) is 16.7 Å². The molecule has 2 aromatic heterocycles. The van der Waals surface area contributed by atoms with Gasteiger partial charge in [-0.15, -0.1) is 0 Å². The van der Waals surface area contributed by atoms with Crippen molar-refractivity contribution in [2.45, 2.75) is 24.9 Å². The first-order valence-electron chi connectivity index (χ1n) is 10.7. The van der Waals surface area contributed by atoms with Crippen LogP contribution in [0, 0.1) is 6.92 Å². The van der Waals surface area contributed by atoms with Crippen molar-refractivity contribution in [3.8, 4) is 11.5 Å². The third-order valence-corrected chi connectivity index (χ3v) is 7.79. The fourth-order valence-electron chi connectivity index (χ4n) is 3.59. The molecule has 198 valence electrons. The molecule has 0 aliphatic rings. The van der Waals surface area contributed by atoms with E-state index in [0.717, 1.165) is 11.8 Å². The minimum absolute atomic E-state index is 0.0645. The van der Waals surface area contributed by atoms with Gasteiger partial charge < -0.3 is 14.0 Å². The van der Waals surface area contributed by atoms with Crippen LogP contribution in [0.4, 0.5) is 5.82 Å². The molecule has 0 atom stereocenters. The summed E-state index contributed by atoms with van der Waals surface area (Å²) in [4.78, 5) is -0.155. The van der Waals surface area contributed by atoms with Crippen LogP contribution in [0.15, 0.2) is 46.1 Å². The van der Waals surface area contributed by atoms with Gasteiger partial charge in [0.15, 0.2) is 11.4 Å². The number of methoxy groups -OCH3 is 2. The lowest BCUT2D eigenvalue weighted by Crippen LogP contribution is -2.20. The molecule has 12 nitrogen and oxygen atoms in total. The largest absolute Gasteiger partial charge is 0.496 e. The fraction of sp³-hybridized carbons (Fsp3) is 0.273. The second kappa shape index (κ2) is 10.2. The maximum Gasteiger partial charge on any atom is 0.266 e. The Morgan fingerprint density at radius 3 is 2.46 bits per heavy atom. The lowest BCUT2D eigenvalue weighted by atomic mass is 10.1. The molecule has 37 heavy (non-hydrogen) atoms. The van der Waals surface area contributed by atoms with E-state index in [1.54, 1.807) is 36.1 Å². The van der Waals surface area contributed by atoms with Crippen molar-refractivity contribution < 1.29 is 30.8 Å². The molecule has 4 aromatic rings. The van der Waals surface area contributed by atoms with E-state index in [1.807, 2.05) is 0 Å². The number of aryl methyl sites for hydroxylation is 1. The van der Waals surface area contributed by atoms with Crippen LogP contribution in [0.25, 0.3) is 11.0 Å². The van der Waals surface area contributed by atoms with Gasteiger partial charge in [0.05, 0.1) is 33.2 Å². The van der Waals surface area contributed by atoms with Crippen LogP contribution in [-0.4, -0.2) is 52.2 Å². The van der Waals surface area contributed by atoms with E-state index in [0.29, 0.717) is 28.8 Å². The third-order valence-electron chi connectivity index (χ3n) is 5.35. The van der Waals surface area contributed by atoms with Gasteiger partial charge in [-0.25, -0.2) is 21.6 Å². The van der Waals surface area contributed by atoms with E-state index in [1.165, 1.54) is 26.4 Å². The summed E-state index contributed by atoms with van der Waals surface area (Å²) in [6.07, 6.45) is 4.34. The van der Waals surface area contributed by atoms with Gasteiger partial charge in [0.1, 0.15) is 21.8 Å². The van der Waals surface area contributed by atoms with Crippen molar-refractivity contribution in [2.24, 2.45) is 0 Å². The zero-order valence-corrected chi connectivity index (χ0v) is 22.7. The van der Waals surface area contributed by atoms with Gasteiger partial charge in [-0.3, -0.25) is 9.40 Å². The molecule has 0 amide bonds. The van der Waals surface area contributed by atoms with Crippen molar-refractivity contribution in [3.63, 3.8) is 0 Å². The molecule has 4 rings (SSSR count). The van der Waals surface area contributed by atoms with Crippen molar-refractivity contribution >= 4 is 48.4 Å². The highest BCUT2D eigenvalue weighted by molar-refractivity contribution is 7.92. The number of hydrogen-bond acceptors (Lipinski definition) is 9. The standard InChI is InChI=1S/C22H24ClN5O7S2/c1-13-5-17(33-2)20(8-16(13)23)37(31,32)27-22-21-18(34-3)6-14(7-19(21)35-26-22)11-28-12-15(9-24-28)10-25-36(4,29)30/h5-9,12,25H,10-11H2,1-4H3,(H,26,27). The lowest BCUT2D eigenvalue weighted by molar-refractivity contribution is 0.402. The van der Waals surface area contributed by atoms with E-state index in [9.17, 15) is 16.8 Å². The topological polar surface area (TPSA) is 155 Å². The predicted octanol–water partition coefficient (Wildman–Crippen LogP) is 2.90. The van der Waals surface area contributed by atoms with E-state index >= 15 is 0 Å². The maximum atomic E-state index is 13.2. The maximum absolute atomic E-state index is 13.2. The molecule has 0 fully saturated rings. The summed E-state index contributed by atoms with van der Waals surface area (Å²) >= 11 is 6.16. The van der Waals surface area contributed by atoms with Gasteiger partial charge in [-0.1, -0.05) is 16.8 Å². The molecule has 0 aliphatic carbocycles. The van der Waals surface area contributed by atoms with Crippen LogP contribution >= 0.6 is 11.6 Å². The van der Waals surface area contributed by atoms with Crippen LogP contribution in [-0.2, 0) is 33.1 Å². The summed E-state index contributed by atoms with van der Waals surface area (Å²) < 4.78 is 71.6. The number of benzene rings is 2. The number of nitrogens with one attached hydrogen (secondary N) is 2. The van der Waals surface area contributed by atoms with E-state index in [-0.39, 0.29) is 33.6 Å². The predicted molar refractivity (Wildman–Crippen MR) is 137 cm³/mol. The van der Waals surface area contributed by atoms with Crippen molar-refractivity contribution in [2.75, 3.05) is 25.2 Å². The highest BCUT2D eigenvalue weighted by atomic mass is 35.5. The summed E-state index contributed by atoms with van der Waals surface area (Å²) in [7, 11) is -4.68. The van der Waals surface area contributed by atoms with Crippen molar-refractivity contribution in [1.82, 2.24) is 19.7 Å². The molecule has 0 spiro atoms. The molecule has 0 aliphatic heterocycles. The monoisotopic (exact) mass is 569 g/mol. The average Bonchev–Trinajstić information content (AvgIpc) is 3.44. The van der Waals surface area contributed by atoms with Crippen LogP contribution in [0.2, 0.25) is 5.02 Å². The zero-order valence-electron chi connectivity index (χ0n) is 20.3. The number of halogens is 1. The minimum atomic E-state index is -4.15. The van der Waals surface area contributed by atoms with Gasteiger partial charge in [0, 0.05) is 23.3 Å². The molecule has 0 bridgehead atoms. The van der Waals surface area contributed by atoms with Crippen molar-refractivity contribution in [3.05, 3.63) is 58.4 Å². The normalized spacial score (nSPS) is 12.1. The number of ether oxygens (including phenoxy) is 2. The second-order valence-corrected chi connectivity index (χ2v) is 12.1. The van der Waals surface area contributed by atoms with E-state index in [2.05, 4.69) is 19.7 Å². The summed E-state index contributed by atoms with van der Waals surface area (Å²) in [5.41, 5.74) is 2.36. The first-order chi connectivity index (χ1) is 17.4. The van der Waals surface area contributed by atoms with Crippen LogP contribution < -0.4 is 18.9 Å². The molecular weight excluding hydrogens is 546 g/mol. The Kier molecular flexibility index (Phi) is 7.37. The van der Waals surface area contributed by atoms with Gasteiger partial charge in [0.25, 0.3) is 10.0 Å². The number of rotatable bonds is 10. The van der Waals surface area contributed by atoms with Gasteiger partial charge >= 0.3 is 0 Å². The van der Waals surface area contributed by atoms with Gasteiger partial charge in [-0.2, -0.15) is 5.10 Å². The lowest BCUT2D eigenvalue weighted by Gasteiger charge is -2.12. The Balaban J connectivity index is 1.63. The minimum Gasteiger partial charge on any atom is -0.496 e. The molecule has 2 heterocycles. The molecule has 2 aromatic carbocycles. The molecule has 15 heteroatoms. The van der Waals surface area contributed by atoms with Crippen LogP contribution in [0.3, 0.4) is 0 Å². The highest BCUT2D eigenvalue weighted by Crippen LogP contribution is 2.36. The number of anilines is 1. The highest BCUT2D eigenvalue weighted by Gasteiger charge is 2.25. The molecule has 0 saturated heterocycles. The Bertz CT molecular complexity index is 1680. The summed E-state index contributed by atoms with van der Waals surface area (Å²) in [5.74, 6) is 0.388. The summed E-state index contributed by atoms with van der Waals surface area (Å²) in [6.45, 7) is 2.16. The first-order valence-corrected chi connectivity index (χ1v) is 14.4. The summed E-state index contributed by atoms with van der Waals surface area (Å²) in [5, 5.41) is 8.74. The molecular formula is C22H24ClN5O7S2. The first kappa shape index (κ1) is 26.7. The number of aromatic nitrogens is 3. The quantitative estimate of drug-likeness (QED) is 0.293. The second-order valence-electron chi connectivity index (χ2n) is 8.20. The third kappa shape index (κ3) is 5.98. The smallest absolute Gasteiger partial charge is 0.266 e. The van der Waals surface area contributed by atoms with Gasteiger partial charge in [0.2, 0.25) is 10.0 Å². The number of sulfonamides is 2.